The molecule has 0 spiro atoms. The van der Waals surface area contributed by atoms with Gasteiger partial charge in [0.15, 0.2) is 0 Å². The quantitative estimate of drug-likeness (QED) is 0.498. The van der Waals surface area contributed by atoms with Crippen LogP contribution in [0.3, 0.4) is 0 Å². The summed E-state index contributed by atoms with van der Waals surface area (Å²) >= 11 is 5.85. The number of aliphatic imine (C=N–C) groups is 1. The average Bonchev–Trinajstić information content (AvgIpc) is 2.63. The minimum Gasteiger partial charge on any atom is -0.867 e. The van der Waals surface area contributed by atoms with Gasteiger partial charge in [-0.25, -0.2) is 0 Å². The number of quaternary nitrogens is 1. The SMILES string of the molecule is C[NH+]1CCN(c2ccc(N=Cc3cc(Cl)cc([N+](=O)[O-])c3[O-])cc2)CC1. The summed E-state index contributed by atoms with van der Waals surface area (Å²) in [6.45, 7) is 4.25. The van der Waals surface area contributed by atoms with Crippen LogP contribution in [-0.2, 0) is 0 Å². The van der Waals surface area contributed by atoms with Crippen molar-refractivity contribution >= 4 is 34.9 Å². The van der Waals surface area contributed by atoms with Crippen LogP contribution in [0.2, 0.25) is 5.02 Å². The van der Waals surface area contributed by atoms with E-state index in [4.69, 9.17) is 11.6 Å². The van der Waals surface area contributed by atoms with Crippen LogP contribution >= 0.6 is 11.6 Å². The molecule has 0 radical (unpaired) electrons. The van der Waals surface area contributed by atoms with Gasteiger partial charge >= 0.3 is 0 Å². The Labute approximate surface area is 156 Å². The van der Waals surface area contributed by atoms with Crippen molar-refractivity contribution in [3.05, 3.63) is 57.1 Å². The number of rotatable bonds is 4. The van der Waals surface area contributed by atoms with E-state index in [2.05, 4.69) is 16.9 Å². The molecule has 0 saturated carbocycles. The van der Waals surface area contributed by atoms with Gasteiger partial charge in [-0.1, -0.05) is 11.6 Å². The number of hydrogen-bond donors (Lipinski definition) is 1. The van der Waals surface area contributed by atoms with Crippen molar-refractivity contribution in [1.82, 2.24) is 0 Å². The zero-order valence-corrected chi connectivity index (χ0v) is 15.1. The molecule has 1 heterocycles. The Morgan fingerprint density at radius 2 is 1.88 bits per heavy atom. The summed E-state index contributed by atoms with van der Waals surface area (Å²) in [5.74, 6) is -0.695. The highest BCUT2D eigenvalue weighted by Gasteiger charge is 2.16. The zero-order valence-electron chi connectivity index (χ0n) is 14.3. The Morgan fingerprint density at radius 1 is 1.23 bits per heavy atom. The third kappa shape index (κ3) is 4.12. The molecule has 2 aromatic carbocycles. The fourth-order valence-corrected chi connectivity index (χ4v) is 3.09. The van der Waals surface area contributed by atoms with Crippen LogP contribution in [0.15, 0.2) is 41.4 Å². The molecule has 0 unspecified atom stereocenters. The van der Waals surface area contributed by atoms with Crippen molar-refractivity contribution in [1.29, 1.82) is 0 Å². The van der Waals surface area contributed by atoms with Crippen LogP contribution in [0.1, 0.15) is 5.56 Å². The summed E-state index contributed by atoms with van der Waals surface area (Å²) in [5, 5.41) is 23.1. The Morgan fingerprint density at radius 3 is 2.50 bits per heavy atom. The highest BCUT2D eigenvalue weighted by molar-refractivity contribution is 6.31. The molecule has 1 aliphatic heterocycles. The molecule has 1 fully saturated rings. The van der Waals surface area contributed by atoms with E-state index in [9.17, 15) is 15.2 Å². The molecular formula is C18H19ClN4O3. The summed E-state index contributed by atoms with van der Waals surface area (Å²) in [6, 6.07) is 10.1. The number of hydrogen-bond acceptors (Lipinski definition) is 5. The molecule has 7 nitrogen and oxygen atoms in total. The first-order valence-corrected chi connectivity index (χ1v) is 8.67. The number of nitrogens with zero attached hydrogens (tertiary/aromatic N) is 3. The second-order valence-corrected chi connectivity index (χ2v) is 6.76. The summed E-state index contributed by atoms with van der Waals surface area (Å²) in [7, 11) is 2.19. The predicted molar refractivity (Wildman–Crippen MR) is 100 cm³/mol. The van der Waals surface area contributed by atoms with Gasteiger partial charge in [0.05, 0.1) is 43.8 Å². The standard InChI is InChI=1S/C18H19ClN4O3/c1-21-6-8-22(9-7-21)16-4-2-15(3-5-16)20-12-13-10-14(19)11-17(18(13)24)23(25)26/h2-5,10-12,24H,6-9H2,1H3. The fourth-order valence-electron chi connectivity index (χ4n) is 2.87. The molecule has 2 aromatic rings. The monoisotopic (exact) mass is 374 g/mol. The van der Waals surface area contributed by atoms with Crippen LogP contribution in [-0.4, -0.2) is 44.4 Å². The van der Waals surface area contributed by atoms with Gasteiger partial charge in [-0.3, -0.25) is 15.1 Å². The third-order valence-electron chi connectivity index (χ3n) is 4.44. The van der Waals surface area contributed by atoms with Crippen LogP contribution in [0.5, 0.6) is 5.75 Å². The maximum atomic E-state index is 12.1. The topological polar surface area (TPSA) is 86.2 Å². The van der Waals surface area contributed by atoms with Crippen molar-refractivity contribution in [3.63, 3.8) is 0 Å². The zero-order chi connectivity index (χ0) is 18.7. The van der Waals surface area contributed by atoms with Gasteiger partial charge in [-0.05, 0) is 41.6 Å². The molecular weight excluding hydrogens is 356 g/mol. The van der Waals surface area contributed by atoms with E-state index in [1.165, 1.54) is 17.2 Å². The van der Waals surface area contributed by atoms with E-state index in [0.29, 0.717) is 5.69 Å². The molecule has 0 atom stereocenters. The Kier molecular flexibility index (Phi) is 5.39. The largest absolute Gasteiger partial charge is 0.867 e. The number of piperazine rings is 1. The molecule has 26 heavy (non-hydrogen) atoms. The van der Waals surface area contributed by atoms with Crippen molar-refractivity contribution in [3.8, 4) is 5.75 Å². The van der Waals surface area contributed by atoms with Crippen molar-refractivity contribution in [2.45, 2.75) is 0 Å². The van der Waals surface area contributed by atoms with Gasteiger partial charge in [0, 0.05) is 23.0 Å². The molecule has 0 aromatic heterocycles. The van der Waals surface area contributed by atoms with Gasteiger partial charge in [-0.15, -0.1) is 0 Å². The van der Waals surface area contributed by atoms with Crippen molar-refractivity contribution in [2.75, 3.05) is 38.1 Å². The number of nitro groups is 1. The van der Waals surface area contributed by atoms with E-state index in [1.807, 2.05) is 24.3 Å². The Bertz CT molecular complexity index is 831. The molecule has 0 bridgehead atoms. The minimum atomic E-state index is -0.738. The molecule has 3 rings (SSSR count). The lowest BCUT2D eigenvalue weighted by atomic mass is 10.2. The third-order valence-corrected chi connectivity index (χ3v) is 4.66. The van der Waals surface area contributed by atoms with Gasteiger partial charge in [-0.2, -0.15) is 0 Å². The van der Waals surface area contributed by atoms with Crippen LogP contribution < -0.4 is 14.9 Å². The number of nitrogens with one attached hydrogen (secondary N) is 1. The van der Waals surface area contributed by atoms with Crippen LogP contribution in [0, 0.1) is 10.1 Å². The first kappa shape index (κ1) is 18.2. The second kappa shape index (κ2) is 7.72. The second-order valence-electron chi connectivity index (χ2n) is 6.32. The highest BCUT2D eigenvalue weighted by Crippen LogP contribution is 2.30. The van der Waals surface area contributed by atoms with E-state index in [0.717, 1.165) is 37.9 Å². The van der Waals surface area contributed by atoms with E-state index < -0.39 is 16.4 Å². The Hall–Kier alpha value is -2.64. The van der Waals surface area contributed by atoms with Crippen LogP contribution in [0.4, 0.5) is 17.1 Å². The molecule has 0 aliphatic carbocycles. The average molecular weight is 375 g/mol. The van der Waals surface area contributed by atoms with Gasteiger partial charge in [0.1, 0.15) is 0 Å². The molecule has 0 amide bonds. The molecule has 8 heteroatoms. The number of nitro benzene ring substituents is 1. The van der Waals surface area contributed by atoms with Crippen molar-refractivity contribution < 1.29 is 14.9 Å². The number of halogens is 1. The summed E-state index contributed by atoms with van der Waals surface area (Å²) in [6.07, 6.45) is 1.31. The molecule has 1 aliphatic rings. The lowest BCUT2D eigenvalue weighted by molar-refractivity contribution is -0.880. The lowest BCUT2D eigenvalue weighted by Gasteiger charge is -2.31. The first-order valence-electron chi connectivity index (χ1n) is 8.29. The maximum absolute atomic E-state index is 12.1. The molecule has 136 valence electrons. The van der Waals surface area contributed by atoms with Gasteiger partial charge in [0.2, 0.25) is 0 Å². The predicted octanol–water partition coefficient (Wildman–Crippen LogP) is 1.41. The smallest absolute Gasteiger partial charge is 0.263 e. The Balaban J connectivity index is 1.76. The summed E-state index contributed by atoms with van der Waals surface area (Å²) < 4.78 is 0. The lowest BCUT2D eigenvalue weighted by Crippen LogP contribution is -3.12. The summed E-state index contributed by atoms with van der Waals surface area (Å²) in [5.41, 5.74) is 1.34. The van der Waals surface area contributed by atoms with E-state index in [1.54, 1.807) is 0 Å². The molecule has 1 saturated heterocycles. The molecule has 1 N–H and O–H groups in total. The normalized spacial score (nSPS) is 15.5. The van der Waals surface area contributed by atoms with Crippen LogP contribution in [0.25, 0.3) is 0 Å². The summed E-state index contributed by atoms with van der Waals surface area (Å²) in [4.78, 5) is 18.3. The van der Waals surface area contributed by atoms with Crippen molar-refractivity contribution in [2.24, 2.45) is 4.99 Å². The van der Waals surface area contributed by atoms with E-state index >= 15 is 0 Å². The highest BCUT2D eigenvalue weighted by atomic mass is 35.5. The number of anilines is 1. The van der Waals surface area contributed by atoms with E-state index in [-0.39, 0.29) is 10.6 Å². The number of likely N-dealkylation sites (N-methyl/N-ethyl adjacent to an activating group) is 1. The van der Waals surface area contributed by atoms with Gasteiger partial charge < -0.3 is 14.9 Å². The maximum Gasteiger partial charge on any atom is 0.263 e. The number of benzene rings is 2. The first-order chi connectivity index (χ1) is 12.4. The minimum absolute atomic E-state index is 0.0929. The van der Waals surface area contributed by atoms with Gasteiger partial charge in [0.25, 0.3) is 5.69 Å². The fraction of sp³-hybridized carbons (Fsp3) is 0.278.